The molecule has 4 nitrogen and oxygen atoms in total. The molecule has 0 bridgehead atoms. The van der Waals surface area contributed by atoms with E-state index in [2.05, 4.69) is 14.5 Å². The van der Waals surface area contributed by atoms with Gasteiger partial charge in [0.15, 0.2) is 11.4 Å². The molecule has 1 rings (SSSR count). The van der Waals surface area contributed by atoms with Gasteiger partial charge in [0.1, 0.15) is 11.3 Å². The van der Waals surface area contributed by atoms with Crippen molar-refractivity contribution in [2.75, 3.05) is 13.7 Å². The standard InChI is InChI=1S/C11H10F5NO3/c1-3-20-10(18)5-4-6(9(12)13)17-8(7(5)19-2)11(14,15)16/h4,9H,3H2,1-2H3. The summed E-state index contributed by atoms with van der Waals surface area (Å²) in [5.74, 6) is -2.14. The van der Waals surface area contributed by atoms with Crippen LogP contribution in [0.25, 0.3) is 0 Å². The van der Waals surface area contributed by atoms with Crippen molar-refractivity contribution in [3.63, 3.8) is 0 Å². The SMILES string of the molecule is CCOC(=O)c1cc(C(F)F)nc(C(F)(F)F)c1OC. The second-order valence-corrected chi connectivity index (χ2v) is 3.50. The number of pyridine rings is 1. The fourth-order valence-electron chi connectivity index (χ4n) is 1.42. The number of carbonyl (C=O) groups excluding carboxylic acids is 1. The Morgan fingerprint density at radius 3 is 2.40 bits per heavy atom. The van der Waals surface area contributed by atoms with Gasteiger partial charge < -0.3 is 9.47 Å². The topological polar surface area (TPSA) is 48.4 Å². The van der Waals surface area contributed by atoms with E-state index < -0.39 is 41.3 Å². The molecule has 0 spiro atoms. The number of rotatable bonds is 4. The predicted octanol–water partition coefficient (Wildman–Crippen LogP) is 3.22. The van der Waals surface area contributed by atoms with Gasteiger partial charge in [-0.15, -0.1) is 0 Å². The van der Waals surface area contributed by atoms with Crippen LogP contribution in [0.1, 0.15) is 35.1 Å². The van der Waals surface area contributed by atoms with E-state index in [1.807, 2.05) is 0 Å². The molecule has 0 saturated heterocycles. The van der Waals surface area contributed by atoms with Crippen LogP contribution in [0.4, 0.5) is 22.0 Å². The number of nitrogens with zero attached hydrogens (tertiary/aromatic N) is 1. The van der Waals surface area contributed by atoms with Crippen LogP contribution in [0.2, 0.25) is 0 Å². The van der Waals surface area contributed by atoms with E-state index in [0.717, 1.165) is 7.11 Å². The summed E-state index contributed by atoms with van der Waals surface area (Å²) >= 11 is 0. The molecule has 0 atom stereocenters. The molecule has 0 aliphatic heterocycles. The highest BCUT2D eigenvalue weighted by Gasteiger charge is 2.40. The lowest BCUT2D eigenvalue weighted by molar-refractivity contribution is -0.142. The van der Waals surface area contributed by atoms with Gasteiger partial charge in [0.05, 0.1) is 13.7 Å². The lowest BCUT2D eigenvalue weighted by Gasteiger charge is -2.15. The maximum Gasteiger partial charge on any atom is 0.437 e. The van der Waals surface area contributed by atoms with Crippen molar-refractivity contribution in [3.8, 4) is 5.75 Å². The van der Waals surface area contributed by atoms with E-state index in [1.165, 1.54) is 6.92 Å². The van der Waals surface area contributed by atoms with Crippen LogP contribution < -0.4 is 4.74 Å². The van der Waals surface area contributed by atoms with Crippen LogP contribution in [0.15, 0.2) is 6.07 Å². The summed E-state index contributed by atoms with van der Waals surface area (Å²) in [7, 11) is 0.872. The molecule has 0 aliphatic rings. The molecule has 0 radical (unpaired) electrons. The minimum Gasteiger partial charge on any atom is -0.494 e. The summed E-state index contributed by atoms with van der Waals surface area (Å²) < 4.78 is 72.5. The molecule has 112 valence electrons. The number of carbonyl (C=O) groups is 1. The molecule has 1 aromatic heterocycles. The molecular formula is C11H10F5NO3. The fourth-order valence-corrected chi connectivity index (χ4v) is 1.42. The summed E-state index contributed by atoms with van der Waals surface area (Å²) in [5, 5.41) is 0. The monoisotopic (exact) mass is 299 g/mol. The van der Waals surface area contributed by atoms with Crippen LogP contribution >= 0.6 is 0 Å². The van der Waals surface area contributed by atoms with Crippen molar-refractivity contribution in [3.05, 3.63) is 23.0 Å². The minimum atomic E-state index is -5.04. The van der Waals surface area contributed by atoms with Crippen molar-refractivity contribution in [2.45, 2.75) is 19.5 Å². The first kappa shape index (κ1) is 16.1. The van der Waals surface area contributed by atoms with Crippen LogP contribution in [0, 0.1) is 0 Å². The minimum absolute atomic E-state index is 0.129. The maximum atomic E-state index is 12.8. The number of esters is 1. The predicted molar refractivity (Wildman–Crippen MR) is 56.7 cm³/mol. The number of hydrogen-bond donors (Lipinski definition) is 0. The molecule has 0 unspecified atom stereocenters. The van der Waals surface area contributed by atoms with Crippen molar-refractivity contribution < 1.29 is 36.2 Å². The number of methoxy groups -OCH3 is 1. The molecule has 1 heterocycles. The third-order valence-electron chi connectivity index (χ3n) is 2.18. The van der Waals surface area contributed by atoms with Crippen molar-refractivity contribution in [1.82, 2.24) is 4.98 Å². The Morgan fingerprint density at radius 1 is 1.40 bits per heavy atom. The van der Waals surface area contributed by atoms with Crippen molar-refractivity contribution >= 4 is 5.97 Å². The van der Waals surface area contributed by atoms with Gasteiger partial charge in [0.2, 0.25) is 0 Å². The first-order valence-electron chi connectivity index (χ1n) is 5.33. The number of ether oxygens (including phenoxy) is 2. The summed E-state index contributed by atoms with van der Waals surface area (Å²) in [6.45, 7) is 1.29. The highest BCUT2D eigenvalue weighted by Crippen LogP contribution is 2.38. The Kier molecular flexibility index (Phi) is 4.85. The third-order valence-corrected chi connectivity index (χ3v) is 2.18. The van der Waals surface area contributed by atoms with Crippen molar-refractivity contribution in [1.29, 1.82) is 0 Å². The smallest absolute Gasteiger partial charge is 0.437 e. The van der Waals surface area contributed by atoms with Crippen LogP contribution in [-0.2, 0) is 10.9 Å². The molecule has 1 aromatic rings. The van der Waals surface area contributed by atoms with E-state index in [1.54, 1.807) is 0 Å². The number of hydrogen-bond acceptors (Lipinski definition) is 4. The van der Waals surface area contributed by atoms with Crippen LogP contribution in [0.3, 0.4) is 0 Å². The Labute approximate surface area is 110 Å². The lowest BCUT2D eigenvalue weighted by atomic mass is 10.1. The first-order chi connectivity index (χ1) is 9.22. The molecule has 0 N–H and O–H groups in total. The van der Waals surface area contributed by atoms with Gasteiger partial charge in [-0.2, -0.15) is 13.2 Å². The Balaban J connectivity index is 3.55. The van der Waals surface area contributed by atoms with E-state index in [9.17, 15) is 26.7 Å². The Hall–Kier alpha value is -1.93. The molecular weight excluding hydrogens is 289 g/mol. The number of alkyl halides is 5. The normalized spacial score (nSPS) is 11.6. The van der Waals surface area contributed by atoms with Gasteiger partial charge in [-0.3, -0.25) is 0 Å². The van der Waals surface area contributed by atoms with E-state index in [4.69, 9.17) is 0 Å². The van der Waals surface area contributed by atoms with Gasteiger partial charge in [-0.1, -0.05) is 0 Å². The number of halogens is 5. The van der Waals surface area contributed by atoms with Crippen LogP contribution in [-0.4, -0.2) is 24.7 Å². The summed E-state index contributed by atoms with van der Waals surface area (Å²) in [4.78, 5) is 14.3. The third kappa shape index (κ3) is 3.34. The van der Waals surface area contributed by atoms with E-state index in [-0.39, 0.29) is 6.61 Å². The average Bonchev–Trinajstić information content (AvgIpc) is 2.36. The summed E-state index contributed by atoms with van der Waals surface area (Å²) in [6, 6.07) is 0.525. The Morgan fingerprint density at radius 2 is 2.00 bits per heavy atom. The average molecular weight is 299 g/mol. The van der Waals surface area contributed by atoms with Gasteiger partial charge in [0, 0.05) is 0 Å². The second-order valence-electron chi connectivity index (χ2n) is 3.50. The fraction of sp³-hybridized carbons (Fsp3) is 0.455. The van der Waals surface area contributed by atoms with Gasteiger partial charge in [-0.05, 0) is 13.0 Å². The van der Waals surface area contributed by atoms with Gasteiger partial charge in [-0.25, -0.2) is 18.6 Å². The molecule has 9 heteroatoms. The zero-order chi connectivity index (χ0) is 15.5. The second kappa shape index (κ2) is 6.02. The molecule has 20 heavy (non-hydrogen) atoms. The van der Waals surface area contributed by atoms with Crippen LogP contribution in [0.5, 0.6) is 5.75 Å². The van der Waals surface area contributed by atoms with Crippen molar-refractivity contribution in [2.24, 2.45) is 0 Å². The van der Waals surface area contributed by atoms with E-state index >= 15 is 0 Å². The Bertz CT molecular complexity index is 502. The largest absolute Gasteiger partial charge is 0.494 e. The zero-order valence-electron chi connectivity index (χ0n) is 10.4. The lowest BCUT2D eigenvalue weighted by Crippen LogP contribution is -2.17. The first-order valence-corrected chi connectivity index (χ1v) is 5.33. The molecule has 0 saturated carbocycles. The molecule has 0 aliphatic carbocycles. The quantitative estimate of drug-likeness (QED) is 0.632. The molecule has 0 amide bonds. The summed E-state index contributed by atoms with van der Waals surface area (Å²) in [6.07, 6.45) is -8.31. The van der Waals surface area contributed by atoms with Gasteiger partial charge >= 0.3 is 12.1 Å². The number of aromatic nitrogens is 1. The molecule has 0 aromatic carbocycles. The van der Waals surface area contributed by atoms with Gasteiger partial charge in [0.25, 0.3) is 6.43 Å². The highest BCUT2D eigenvalue weighted by atomic mass is 19.4. The molecule has 0 fully saturated rings. The zero-order valence-corrected chi connectivity index (χ0v) is 10.4. The highest BCUT2D eigenvalue weighted by molar-refractivity contribution is 5.93. The summed E-state index contributed by atoms with van der Waals surface area (Å²) in [5.41, 5.74) is -3.62. The maximum absolute atomic E-state index is 12.8. The van der Waals surface area contributed by atoms with E-state index in [0.29, 0.717) is 6.07 Å².